The topological polar surface area (TPSA) is 90.9 Å². The van der Waals surface area contributed by atoms with Crippen molar-refractivity contribution in [2.45, 2.75) is 45.7 Å². The number of amides is 1. The molecule has 2 N–H and O–H groups in total. The molecule has 1 unspecified atom stereocenters. The Hall–Kier alpha value is -2.09. The minimum absolute atomic E-state index is 0.0458. The van der Waals surface area contributed by atoms with Gasteiger partial charge in [-0.2, -0.15) is 0 Å². The second-order valence-corrected chi connectivity index (χ2v) is 9.41. The molecule has 1 amide bonds. The van der Waals surface area contributed by atoms with Gasteiger partial charge in [0.15, 0.2) is 15.8 Å². The highest BCUT2D eigenvalue weighted by atomic mass is 32.2. The normalized spacial score (nSPS) is 18.7. The van der Waals surface area contributed by atoms with Gasteiger partial charge in [0.25, 0.3) is 0 Å². The molecule has 1 aromatic rings. The van der Waals surface area contributed by atoms with Crippen molar-refractivity contribution < 1.29 is 13.2 Å². The number of guanidine groups is 1. The van der Waals surface area contributed by atoms with Gasteiger partial charge in [-0.15, -0.1) is 0 Å². The van der Waals surface area contributed by atoms with E-state index in [9.17, 15) is 13.2 Å². The maximum Gasteiger partial charge on any atom is 0.222 e. The summed E-state index contributed by atoms with van der Waals surface area (Å²) in [4.78, 5) is 18.6. The molecule has 0 spiro atoms. The fraction of sp³-hybridized carbons (Fsp3) is 0.600. The quantitative estimate of drug-likeness (QED) is 0.500. The van der Waals surface area contributed by atoms with Crippen molar-refractivity contribution in [3.8, 4) is 0 Å². The summed E-state index contributed by atoms with van der Waals surface area (Å²) >= 11 is 0. The molecule has 1 aliphatic rings. The molecule has 28 heavy (non-hydrogen) atoms. The smallest absolute Gasteiger partial charge is 0.222 e. The molecule has 1 fully saturated rings. The third-order valence-corrected chi connectivity index (χ3v) is 6.51. The van der Waals surface area contributed by atoms with E-state index in [1.165, 1.54) is 11.1 Å². The highest BCUT2D eigenvalue weighted by molar-refractivity contribution is 7.91. The van der Waals surface area contributed by atoms with Crippen LogP contribution in [0.3, 0.4) is 0 Å². The minimum Gasteiger partial charge on any atom is -0.357 e. The molecule has 0 saturated carbocycles. The molecule has 2 rings (SSSR count). The van der Waals surface area contributed by atoms with E-state index in [4.69, 9.17) is 0 Å². The van der Waals surface area contributed by atoms with Gasteiger partial charge in [-0.25, -0.2) is 8.42 Å². The number of aryl methyl sites for hydroxylation is 1. The second kappa shape index (κ2) is 10.5. The lowest BCUT2D eigenvalue weighted by atomic mass is 10.1. The first-order valence-corrected chi connectivity index (χ1v) is 11.7. The van der Waals surface area contributed by atoms with Crippen LogP contribution in [0.25, 0.3) is 0 Å². The number of carbonyl (C=O) groups excluding carboxylic acids is 1. The van der Waals surface area contributed by atoms with Crippen LogP contribution < -0.4 is 10.6 Å². The van der Waals surface area contributed by atoms with Crippen molar-refractivity contribution >= 4 is 21.7 Å². The van der Waals surface area contributed by atoms with Crippen LogP contribution in [0.1, 0.15) is 37.8 Å². The zero-order chi connectivity index (χ0) is 20.6. The van der Waals surface area contributed by atoms with Gasteiger partial charge in [-0.1, -0.05) is 31.2 Å². The van der Waals surface area contributed by atoms with Gasteiger partial charge in [0.2, 0.25) is 5.91 Å². The standard InChI is InChI=1S/C20H32N4O3S/c1-4-16-6-8-17(9-7-16)14-24(3)20(21-5-2)22-12-10-19(25)23-18-11-13-28(26,27)15-18/h6-9,18H,4-5,10-15H2,1-3H3,(H,21,22)(H,23,25). The number of aliphatic imine (C=N–C) groups is 1. The summed E-state index contributed by atoms with van der Waals surface area (Å²) in [5.74, 6) is 0.798. The average molecular weight is 409 g/mol. The van der Waals surface area contributed by atoms with E-state index in [2.05, 4.69) is 46.8 Å². The molecular formula is C20H32N4O3S. The lowest BCUT2D eigenvalue weighted by Gasteiger charge is -2.22. The number of hydrogen-bond acceptors (Lipinski definition) is 4. The molecule has 1 aromatic carbocycles. The highest BCUT2D eigenvalue weighted by Crippen LogP contribution is 2.11. The molecule has 0 bridgehead atoms. The summed E-state index contributed by atoms with van der Waals surface area (Å²) in [5.41, 5.74) is 2.51. The number of nitrogens with zero attached hydrogens (tertiary/aromatic N) is 2. The Morgan fingerprint density at radius 1 is 1.21 bits per heavy atom. The molecule has 0 aromatic heterocycles. The zero-order valence-electron chi connectivity index (χ0n) is 17.1. The molecule has 156 valence electrons. The number of hydrogen-bond donors (Lipinski definition) is 2. The van der Waals surface area contributed by atoms with Crippen LogP contribution in [-0.4, -0.2) is 62.9 Å². The maximum absolute atomic E-state index is 12.1. The molecule has 1 atom stereocenters. The zero-order valence-corrected chi connectivity index (χ0v) is 17.9. The van der Waals surface area contributed by atoms with Gasteiger partial charge in [-0.3, -0.25) is 9.79 Å². The van der Waals surface area contributed by atoms with Gasteiger partial charge >= 0.3 is 0 Å². The monoisotopic (exact) mass is 408 g/mol. The predicted molar refractivity (Wildman–Crippen MR) is 113 cm³/mol. The third kappa shape index (κ3) is 7.14. The summed E-state index contributed by atoms with van der Waals surface area (Å²) in [6, 6.07) is 8.27. The van der Waals surface area contributed by atoms with Gasteiger partial charge in [-0.05, 0) is 30.9 Å². The number of rotatable bonds is 8. The van der Waals surface area contributed by atoms with Crippen molar-refractivity contribution in [3.63, 3.8) is 0 Å². The Bertz CT molecular complexity index is 775. The lowest BCUT2D eigenvalue weighted by molar-refractivity contribution is -0.121. The largest absolute Gasteiger partial charge is 0.357 e. The first-order valence-electron chi connectivity index (χ1n) is 9.90. The number of carbonyl (C=O) groups is 1. The van der Waals surface area contributed by atoms with Crippen molar-refractivity contribution in [3.05, 3.63) is 35.4 Å². The Labute approximate surface area is 168 Å². The van der Waals surface area contributed by atoms with E-state index in [-0.39, 0.29) is 29.9 Å². The van der Waals surface area contributed by atoms with Crippen LogP contribution in [0.5, 0.6) is 0 Å². The van der Waals surface area contributed by atoms with Crippen molar-refractivity contribution in [2.75, 3.05) is 31.6 Å². The molecule has 0 radical (unpaired) electrons. The van der Waals surface area contributed by atoms with Crippen LogP contribution in [-0.2, 0) is 27.6 Å². The van der Waals surface area contributed by atoms with Gasteiger partial charge in [0.05, 0.1) is 18.1 Å². The van der Waals surface area contributed by atoms with E-state index in [0.717, 1.165) is 25.5 Å². The molecule has 0 aliphatic carbocycles. The molecule has 1 aliphatic heterocycles. The Kier molecular flexibility index (Phi) is 8.29. The van der Waals surface area contributed by atoms with Crippen molar-refractivity contribution in [1.82, 2.24) is 15.5 Å². The van der Waals surface area contributed by atoms with E-state index < -0.39 is 9.84 Å². The summed E-state index contributed by atoms with van der Waals surface area (Å²) in [7, 11) is -1.02. The van der Waals surface area contributed by atoms with Crippen molar-refractivity contribution in [1.29, 1.82) is 0 Å². The van der Waals surface area contributed by atoms with Gasteiger partial charge in [0, 0.05) is 32.6 Å². The average Bonchev–Trinajstić information content (AvgIpc) is 2.99. The molecule has 1 heterocycles. The van der Waals surface area contributed by atoms with E-state index in [1.54, 1.807) is 0 Å². The predicted octanol–water partition coefficient (Wildman–Crippen LogP) is 1.34. The van der Waals surface area contributed by atoms with Gasteiger partial charge in [0.1, 0.15) is 0 Å². The van der Waals surface area contributed by atoms with Crippen LogP contribution >= 0.6 is 0 Å². The number of nitrogens with one attached hydrogen (secondary N) is 2. The fourth-order valence-corrected chi connectivity index (χ4v) is 4.84. The Morgan fingerprint density at radius 2 is 1.89 bits per heavy atom. The van der Waals surface area contributed by atoms with Crippen LogP contribution in [0.4, 0.5) is 0 Å². The molecule has 7 nitrogen and oxygen atoms in total. The highest BCUT2D eigenvalue weighted by Gasteiger charge is 2.28. The first kappa shape index (κ1) is 22.2. The minimum atomic E-state index is -2.99. The summed E-state index contributed by atoms with van der Waals surface area (Å²) in [6.07, 6.45) is 1.76. The van der Waals surface area contributed by atoms with Crippen LogP contribution in [0, 0.1) is 0 Å². The summed E-state index contributed by atoms with van der Waals surface area (Å²) in [5, 5.41) is 6.05. The van der Waals surface area contributed by atoms with E-state index >= 15 is 0 Å². The lowest BCUT2D eigenvalue weighted by Crippen LogP contribution is -2.39. The SMILES string of the molecule is CCNC(=NCCC(=O)NC1CCS(=O)(=O)C1)N(C)Cc1ccc(CC)cc1. The molecular weight excluding hydrogens is 376 g/mol. The maximum atomic E-state index is 12.1. The van der Waals surface area contributed by atoms with Crippen LogP contribution in [0.15, 0.2) is 29.3 Å². The second-order valence-electron chi connectivity index (χ2n) is 7.18. The molecule has 1 saturated heterocycles. The fourth-order valence-electron chi connectivity index (χ4n) is 3.17. The first-order chi connectivity index (χ1) is 13.3. The van der Waals surface area contributed by atoms with E-state index in [0.29, 0.717) is 13.0 Å². The molecule has 8 heteroatoms. The number of sulfone groups is 1. The summed E-state index contributed by atoms with van der Waals surface area (Å²) < 4.78 is 22.9. The van der Waals surface area contributed by atoms with E-state index in [1.807, 2.05) is 18.9 Å². The van der Waals surface area contributed by atoms with Crippen LogP contribution in [0.2, 0.25) is 0 Å². The number of benzene rings is 1. The van der Waals surface area contributed by atoms with Gasteiger partial charge < -0.3 is 15.5 Å². The Balaban J connectivity index is 1.85. The van der Waals surface area contributed by atoms with Crippen molar-refractivity contribution in [2.24, 2.45) is 4.99 Å². The summed E-state index contributed by atoms with van der Waals surface area (Å²) in [6.45, 7) is 5.96. The third-order valence-electron chi connectivity index (χ3n) is 4.75. The Morgan fingerprint density at radius 3 is 2.46 bits per heavy atom.